The molecule has 1 fully saturated rings. The van der Waals surface area contributed by atoms with Crippen LogP contribution in [-0.2, 0) is 0 Å². The number of nitrogens with two attached hydrogens (primary N) is 1. The van der Waals surface area contributed by atoms with Crippen LogP contribution in [0.1, 0.15) is 39.0 Å². The van der Waals surface area contributed by atoms with E-state index >= 15 is 0 Å². The average molecular weight is 153 g/mol. The molecule has 1 rings (SSSR count). The maximum Gasteiger partial charge on any atom is 0.0136 e. The minimum atomic E-state index is 0.757. The first-order valence-corrected chi connectivity index (χ1v) is 4.76. The van der Waals surface area contributed by atoms with Crippen LogP contribution in [0.15, 0.2) is 11.6 Å². The largest absolute Gasteiger partial charge is 0.327 e. The Kier molecular flexibility index (Phi) is 3.64. The summed E-state index contributed by atoms with van der Waals surface area (Å²) >= 11 is 0. The molecule has 0 atom stereocenters. The van der Waals surface area contributed by atoms with Crippen molar-refractivity contribution in [3.8, 4) is 0 Å². The zero-order chi connectivity index (χ0) is 8.10. The maximum atomic E-state index is 5.59. The summed E-state index contributed by atoms with van der Waals surface area (Å²) in [6.45, 7) is 2.95. The van der Waals surface area contributed by atoms with Gasteiger partial charge in [-0.25, -0.2) is 0 Å². The van der Waals surface area contributed by atoms with Gasteiger partial charge in [0, 0.05) is 6.54 Å². The van der Waals surface area contributed by atoms with E-state index in [4.69, 9.17) is 5.73 Å². The van der Waals surface area contributed by atoms with E-state index in [9.17, 15) is 0 Å². The Bertz CT molecular complexity index is 126. The lowest BCUT2D eigenvalue weighted by atomic mass is 10.0. The van der Waals surface area contributed by atoms with E-state index in [0.29, 0.717) is 0 Å². The van der Waals surface area contributed by atoms with Gasteiger partial charge < -0.3 is 5.73 Å². The predicted octanol–water partition coefficient (Wildman–Crippen LogP) is 2.47. The third-order valence-corrected chi connectivity index (χ3v) is 2.59. The van der Waals surface area contributed by atoms with Crippen LogP contribution in [0.4, 0.5) is 0 Å². The Morgan fingerprint density at radius 3 is 2.55 bits per heavy atom. The second kappa shape index (κ2) is 4.55. The van der Waals surface area contributed by atoms with Crippen molar-refractivity contribution in [1.29, 1.82) is 0 Å². The van der Waals surface area contributed by atoms with Gasteiger partial charge in [-0.15, -0.1) is 0 Å². The van der Waals surface area contributed by atoms with Crippen molar-refractivity contribution in [3.63, 3.8) is 0 Å². The van der Waals surface area contributed by atoms with E-state index < -0.39 is 0 Å². The molecule has 1 heteroatoms. The van der Waals surface area contributed by atoms with E-state index in [1.807, 2.05) is 0 Å². The molecule has 0 bridgehead atoms. The zero-order valence-corrected chi connectivity index (χ0v) is 7.47. The number of allylic oxidation sites excluding steroid dienone is 1. The first-order chi connectivity index (χ1) is 5.36. The van der Waals surface area contributed by atoms with Gasteiger partial charge in [0.05, 0.1) is 0 Å². The number of hydrogen-bond acceptors (Lipinski definition) is 1. The minimum absolute atomic E-state index is 0.757. The molecule has 11 heavy (non-hydrogen) atoms. The van der Waals surface area contributed by atoms with Crippen LogP contribution in [0, 0.1) is 5.92 Å². The van der Waals surface area contributed by atoms with Crippen molar-refractivity contribution >= 4 is 0 Å². The SMILES string of the molecule is CCC(=CC1CCCC1)CN. The third-order valence-electron chi connectivity index (χ3n) is 2.59. The van der Waals surface area contributed by atoms with Gasteiger partial charge >= 0.3 is 0 Å². The van der Waals surface area contributed by atoms with Gasteiger partial charge in [0.15, 0.2) is 0 Å². The van der Waals surface area contributed by atoms with Crippen LogP contribution in [0.3, 0.4) is 0 Å². The molecule has 0 unspecified atom stereocenters. The minimum Gasteiger partial charge on any atom is -0.327 e. The highest BCUT2D eigenvalue weighted by Gasteiger charge is 2.12. The second-order valence-electron chi connectivity index (χ2n) is 3.43. The van der Waals surface area contributed by atoms with Crippen LogP contribution in [0.2, 0.25) is 0 Å². The van der Waals surface area contributed by atoms with E-state index in [0.717, 1.165) is 18.9 Å². The summed E-state index contributed by atoms with van der Waals surface area (Å²) in [7, 11) is 0. The Morgan fingerprint density at radius 1 is 1.45 bits per heavy atom. The Hall–Kier alpha value is -0.300. The van der Waals surface area contributed by atoms with E-state index in [1.54, 1.807) is 0 Å². The molecule has 0 radical (unpaired) electrons. The Morgan fingerprint density at radius 2 is 2.09 bits per heavy atom. The van der Waals surface area contributed by atoms with Crippen molar-refractivity contribution in [2.75, 3.05) is 6.54 Å². The lowest BCUT2D eigenvalue weighted by Gasteiger charge is -2.05. The summed E-state index contributed by atoms with van der Waals surface area (Å²) in [5.41, 5.74) is 7.03. The molecule has 0 amide bonds. The standard InChI is InChI=1S/C10H19N/c1-2-9(8-11)7-10-5-3-4-6-10/h7,10H,2-6,8,11H2,1H3. The molecular weight excluding hydrogens is 134 g/mol. The van der Waals surface area contributed by atoms with Crippen molar-refractivity contribution in [1.82, 2.24) is 0 Å². The second-order valence-corrected chi connectivity index (χ2v) is 3.43. The van der Waals surface area contributed by atoms with Crippen LogP contribution in [0.25, 0.3) is 0 Å². The number of hydrogen-bond donors (Lipinski definition) is 1. The summed E-state index contributed by atoms with van der Waals surface area (Å²) in [5.74, 6) is 0.855. The summed E-state index contributed by atoms with van der Waals surface area (Å²) < 4.78 is 0. The fraction of sp³-hybridized carbons (Fsp3) is 0.800. The molecule has 0 heterocycles. The summed E-state index contributed by atoms with van der Waals surface area (Å²) in [6, 6.07) is 0. The molecule has 2 N–H and O–H groups in total. The van der Waals surface area contributed by atoms with E-state index in [1.165, 1.54) is 31.3 Å². The highest BCUT2D eigenvalue weighted by molar-refractivity contribution is 5.05. The molecule has 1 saturated carbocycles. The summed E-state index contributed by atoms with van der Waals surface area (Å²) in [5, 5.41) is 0. The smallest absolute Gasteiger partial charge is 0.0136 e. The van der Waals surface area contributed by atoms with Crippen molar-refractivity contribution in [2.45, 2.75) is 39.0 Å². The van der Waals surface area contributed by atoms with Gasteiger partial charge in [-0.2, -0.15) is 0 Å². The molecule has 1 nitrogen and oxygen atoms in total. The average Bonchev–Trinajstić information content (AvgIpc) is 2.52. The molecule has 0 aromatic carbocycles. The normalized spacial score (nSPS) is 21.1. The molecule has 0 aromatic rings. The molecule has 0 spiro atoms. The maximum absolute atomic E-state index is 5.59. The lowest BCUT2D eigenvalue weighted by molar-refractivity contribution is 0.675. The predicted molar refractivity (Wildman–Crippen MR) is 49.4 cm³/mol. The van der Waals surface area contributed by atoms with Crippen molar-refractivity contribution in [3.05, 3.63) is 11.6 Å². The quantitative estimate of drug-likeness (QED) is 0.619. The molecule has 1 aliphatic rings. The van der Waals surface area contributed by atoms with Crippen LogP contribution >= 0.6 is 0 Å². The topological polar surface area (TPSA) is 26.0 Å². The fourth-order valence-corrected chi connectivity index (χ4v) is 1.79. The molecule has 0 aliphatic heterocycles. The van der Waals surface area contributed by atoms with Crippen molar-refractivity contribution < 1.29 is 0 Å². The Balaban J connectivity index is 2.40. The highest BCUT2D eigenvalue weighted by atomic mass is 14.5. The first-order valence-electron chi connectivity index (χ1n) is 4.76. The molecule has 0 saturated heterocycles. The monoisotopic (exact) mass is 153 g/mol. The van der Waals surface area contributed by atoms with Gasteiger partial charge in [-0.3, -0.25) is 0 Å². The van der Waals surface area contributed by atoms with Gasteiger partial charge in [0.25, 0.3) is 0 Å². The lowest BCUT2D eigenvalue weighted by Crippen LogP contribution is -2.04. The van der Waals surface area contributed by atoms with Crippen LogP contribution in [0.5, 0.6) is 0 Å². The third kappa shape index (κ3) is 2.66. The summed E-state index contributed by atoms with van der Waals surface area (Å²) in [4.78, 5) is 0. The first kappa shape index (κ1) is 8.79. The summed E-state index contributed by atoms with van der Waals surface area (Å²) in [6.07, 6.45) is 9.17. The zero-order valence-electron chi connectivity index (χ0n) is 7.47. The fourth-order valence-electron chi connectivity index (χ4n) is 1.79. The van der Waals surface area contributed by atoms with Gasteiger partial charge in [-0.05, 0) is 25.2 Å². The molecule has 1 aliphatic carbocycles. The number of rotatable bonds is 3. The molecule has 64 valence electrons. The van der Waals surface area contributed by atoms with Gasteiger partial charge in [0.2, 0.25) is 0 Å². The Labute approximate surface area is 69.7 Å². The van der Waals surface area contributed by atoms with Crippen LogP contribution < -0.4 is 5.73 Å². The van der Waals surface area contributed by atoms with Gasteiger partial charge in [0.1, 0.15) is 0 Å². The van der Waals surface area contributed by atoms with Crippen molar-refractivity contribution in [2.24, 2.45) is 11.7 Å². The molecule has 0 aromatic heterocycles. The van der Waals surface area contributed by atoms with Crippen LogP contribution in [-0.4, -0.2) is 6.54 Å². The molecular formula is C10H19N. The van der Waals surface area contributed by atoms with E-state index in [-0.39, 0.29) is 0 Å². The van der Waals surface area contributed by atoms with Gasteiger partial charge in [-0.1, -0.05) is 31.4 Å². The highest BCUT2D eigenvalue weighted by Crippen LogP contribution is 2.26. The van der Waals surface area contributed by atoms with E-state index in [2.05, 4.69) is 13.0 Å².